The predicted molar refractivity (Wildman–Crippen MR) is 104 cm³/mol. The van der Waals surface area contributed by atoms with Crippen molar-refractivity contribution in [2.75, 3.05) is 13.1 Å². The van der Waals surface area contributed by atoms with Gasteiger partial charge in [0, 0.05) is 35.8 Å². The maximum Gasteiger partial charge on any atom is 0.269 e. The average molecular weight is 399 g/mol. The molecular weight excluding hydrogens is 378 g/mol. The largest absolute Gasteiger partial charge is 0.364 e. The van der Waals surface area contributed by atoms with Crippen LogP contribution in [0.1, 0.15) is 40.6 Å². The molecule has 1 saturated heterocycles. The Bertz CT molecular complexity index is 1150. The Hall–Kier alpha value is -2.78. The molecule has 146 valence electrons. The molecule has 3 heterocycles. The minimum atomic E-state index is -3.65. The number of rotatable bonds is 4. The smallest absolute Gasteiger partial charge is 0.269 e. The van der Waals surface area contributed by atoms with Crippen molar-refractivity contribution in [1.82, 2.24) is 19.5 Å². The number of nitrogens with two attached hydrogens (primary N) is 1. The fraction of sp³-hybridized carbons (Fsp3) is 0.316. The van der Waals surface area contributed by atoms with E-state index in [1.54, 1.807) is 18.2 Å². The highest BCUT2D eigenvalue weighted by Crippen LogP contribution is 2.31. The average Bonchev–Trinajstić information content (AvgIpc) is 3.18. The van der Waals surface area contributed by atoms with Crippen molar-refractivity contribution in [3.63, 3.8) is 0 Å². The highest BCUT2D eigenvalue weighted by Gasteiger charge is 2.32. The second-order valence-corrected chi connectivity index (χ2v) is 8.94. The summed E-state index contributed by atoms with van der Waals surface area (Å²) in [5, 5.41) is 7.56. The lowest BCUT2D eigenvalue weighted by Crippen LogP contribution is -2.38. The monoisotopic (exact) mass is 399 g/mol. The number of aromatic nitrogens is 3. The molecule has 1 aliphatic heterocycles. The summed E-state index contributed by atoms with van der Waals surface area (Å²) in [4.78, 5) is 15.9. The maximum absolute atomic E-state index is 13.3. The number of primary amides is 1. The molecule has 1 aromatic carbocycles. The van der Waals surface area contributed by atoms with Gasteiger partial charge < -0.3 is 5.73 Å². The van der Waals surface area contributed by atoms with E-state index in [0.717, 1.165) is 16.8 Å². The summed E-state index contributed by atoms with van der Waals surface area (Å²) in [5.41, 5.74) is 7.53. The Morgan fingerprint density at radius 1 is 1.21 bits per heavy atom. The number of piperidine rings is 1. The molecule has 0 bridgehead atoms. The van der Waals surface area contributed by atoms with Gasteiger partial charge in [0.2, 0.25) is 10.0 Å². The van der Waals surface area contributed by atoms with Gasteiger partial charge in [-0.3, -0.25) is 14.9 Å². The van der Waals surface area contributed by atoms with Gasteiger partial charge in [-0.05, 0) is 38.0 Å². The SMILES string of the molecule is Cc1ccc2cccc(S(=O)(=O)N3CCC(c4cc(C(N)=O)n[nH]4)CC3)c2n1. The molecule has 0 aliphatic carbocycles. The lowest BCUT2D eigenvalue weighted by Gasteiger charge is -2.30. The summed E-state index contributed by atoms with van der Waals surface area (Å²) in [7, 11) is -3.65. The van der Waals surface area contributed by atoms with E-state index in [9.17, 15) is 13.2 Å². The van der Waals surface area contributed by atoms with Crippen molar-refractivity contribution in [3.8, 4) is 0 Å². The first kappa shape index (κ1) is 18.6. The van der Waals surface area contributed by atoms with Crippen LogP contribution < -0.4 is 5.73 Å². The minimum absolute atomic E-state index is 0.111. The van der Waals surface area contributed by atoms with Crippen LogP contribution in [0, 0.1) is 6.92 Å². The van der Waals surface area contributed by atoms with Gasteiger partial charge in [0.05, 0.1) is 5.52 Å². The number of amides is 1. The molecule has 0 saturated carbocycles. The number of hydrogen-bond acceptors (Lipinski definition) is 5. The van der Waals surface area contributed by atoms with E-state index in [-0.39, 0.29) is 16.5 Å². The number of sulfonamides is 1. The molecule has 3 aromatic rings. The van der Waals surface area contributed by atoms with Crippen LogP contribution in [0.2, 0.25) is 0 Å². The van der Waals surface area contributed by atoms with Crippen molar-refractivity contribution >= 4 is 26.8 Å². The summed E-state index contributed by atoms with van der Waals surface area (Å²) in [5.74, 6) is -0.471. The lowest BCUT2D eigenvalue weighted by molar-refractivity contribution is 0.0995. The molecule has 0 spiro atoms. The predicted octanol–water partition coefficient (Wildman–Crippen LogP) is 1.93. The van der Waals surface area contributed by atoms with E-state index in [4.69, 9.17) is 5.73 Å². The third-order valence-corrected chi connectivity index (χ3v) is 7.11. The lowest BCUT2D eigenvalue weighted by atomic mass is 9.94. The second kappa shape index (κ2) is 6.99. The Morgan fingerprint density at radius 2 is 1.96 bits per heavy atom. The van der Waals surface area contributed by atoms with E-state index in [0.29, 0.717) is 31.4 Å². The van der Waals surface area contributed by atoms with Crippen molar-refractivity contribution < 1.29 is 13.2 Å². The van der Waals surface area contributed by atoms with E-state index in [1.165, 1.54) is 4.31 Å². The number of hydrogen-bond donors (Lipinski definition) is 2. The summed E-state index contributed by atoms with van der Waals surface area (Å²) in [6, 6.07) is 10.6. The molecule has 28 heavy (non-hydrogen) atoms. The fourth-order valence-electron chi connectivity index (χ4n) is 3.64. The van der Waals surface area contributed by atoms with Crippen molar-refractivity contribution in [3.05, 3.63) is 53.5 Å². The number of fused-ring (bicyclic) bond motifs is 1. The van der Waals surface area contributed by atoms with Gasteiger partial charge in [0.1, 0.15) is 10.6 Å². The van der Waals surface area contributed by atoms with Gasteiger partial charge in [-0.25, -0.2) is 8.42 Å². The fourth-order valence-corrected chi connectivity index (χ4v) is 5.27. The molecule has 1 fully saturated rings. The van der Waals surface area contributed by atoms with Gasteiger partial charge in [0.15, 0.2) is 0 Å². The molecule has 1 amide bonds. The first-order chi connectivity index (χ1) is 13.4. The van der Waals surface area contributed by atoms with Crippen molar-refractivity contribution in [2.24, 2.45) is 5.73 Å². The highest BCUT2D eigenvalue weighted by molar-refractivity contribution is 7.89. The summed E-state index contributed by atoms with van der Waals surface area (Å²) < 4.78 is 28.0. The first-order valence-electron chi connectivity index (χ1n) is 9.08. The van der Waals surface area contributed by atoms with Crippen molar-refractivity contribution in [1.29, 1.82) is 0 Å². The van der Waals surface area contributed by atoms with Crippen LogP contribution in [0.25, 0.3) is 10.9 Å². The minimum Gasteiger partial charge on any atom is -0.364 e. The molecule has 4 rings (SSSR count). The van der Waals surface area contributed by atoms with Gasteiger partial charge in [0.25, 0.3) is 5.91 Å². The van der Waals surface area contributed by atoms with Gasteiger partial charge in [-0.2, -0.15) is 9.40 Å². The van der Waals surface area contributed by atoms with Crippen LogP contribution in [0.4, 0.5) is 0 Å². The normalized spacial score (nSPS) is 16.5. The topological polar surface area (TPSA) is 122 Å². The van der Waals surface area contributed by atoms with E-state index in [2.05, 4.69) is 15.2 Å². The number of para-hydroxylation sites is 1. The number of nitrogens with one attached hydrogen (secondary N) is 1. The first-order valence-corrected chi connectivity index (χ1v) is 10.5. The van der Waals surface area contributed by atoms with Gasteiger partial charge in [-0.15, -0.1) is 0 Å². The van der Waals surface area contributed by atoms with Crippen LogP contribution in [0.3, 0.4) is 0 Å². The maximum atomic E-state index is 13.3. The molecular formula is C19H21N5O3S. The van der Waals surface area contributed by atoms with Crippen LogP contribution in [0.5, 0.6) is 0 Å². The molecule has 3 N–H and O–H groups in total. The quantitative estimate of drug-likeness (QED) is 0.694. The molecule has 9 heteroatoms. The van der Waals surface area contributed by atoms with E-state index >= 15 is 0 Å². The number of carbonyl (C=O) groups excluding carboxylic acids is 1. The standard InChI is InChI=1S/C19H21N5O3S/c1-12-5-6-14-3-2-4-17(18(14)21-12)28(26,27)24-9-7-13(8-10-24)15-11-16(19(20)25)23-22-15/h2-6,11,13H,7-10H2,1H3,(H2,20,25)(H,22,23). The van der Waals surface area contributed by atoms with E-state index in [1.807, 2.05) is 25.1 Å². The van der Waals surface area contributed by atoms with Crippen molar-refractivity contribution in [2.45, 2.75) is 30.6 Å². The number of carbonyl (C=O) groups is 1. The number of aryl methyl sites for hydroxylation is 1. The second-order valence-electron chi connectivity index (χ2n) is 7.03. The number of pyridine rings is 1. The third-order valence-electron chi connectivity index (χ3n) is 5.18. The highest BCUT2D eigenvalue weighted by atomic mass is 32.2. The molecule has 0 atom stereocenters. The number of aromatic amines is 1. The van der Waals surface area contributed by atoms with Crippen LogP contribution in [-0.2, 0) is 10.0 Å². The van der Waals surface area contributed by atoms with Crippen LogP contribution >= 0.6 is 0 Å². The van der Waals surface area contributed by atoms with E-state index < -0.39 is 15.9 Å². The molecule has 2 aromatic heterocycles. The Balaban J connectivity index is 1.57. The number of H-pyrrole nitrogens is 1. The Labute approximate surface area is 162 Å². The number of benzene rings is 1. The van der Waals surface area contributed by atoms with Gasteiger partial charge >= 0.3 is 0 Å². The Morgan fingerprint density at radius 3 is 2.64 bits per heavy atom. The Kier molecular flexibility index (Phi) is 4.64. The molecule has 1 aliphatic rings. The summed E-state index contributed by atoms with van der Waals surface area (Å²) >= 11 is 0. The zero-order chi connectivity index (χ0) is 19.9. The van der Waals surface area contributed by atoms with Crippen LogP contribution in [-0.4, -0.2) is 46.9 Å². The van der Waals surface area contributed by atoms with Crippen LogP contribution in [0.15, 0.2) is 41.3 Å². The zero-order valence-corrected chi connectivity index (χ0v) is 16.2. The number of nitrogens with zero attached hydrogens (tertiary/aromatic N) is 3. The third kappa shape index (κ3) is 3.27. The summed E-state index contributed by atoms with van der Waals surface area (Å²) in [6.07, 6.45) is 1.27. The molecule has 8 nitrogen and oxygen atoms in total. The summed E-state index contributed by atoms with van der Waals surface area (Å²) in [6.45, 7) is 2.62. The zero-order valence-electron chi connectivity index (χ0n) is 15.4. The molecule has 0 unspecified atom stereocenters. The molecule has 0 radical (unpaired) electrons. The van der Waals surface area contributed by atoms with Gasteiger partial charge in [-0.1, -0.05) is 18.2 Å².